The molecule has 2 aromatic rings. The summed E-state index contributed by atoms with van der Waals surface area (Å²) >= 11 is 3.40. The smallest absolute Gasteiger partial charge is 0.170 e. The molecule has 0 saturated carbocycles. The molecule has 0 bridgehead atoms. The molecule has 1 heterocycles. The van der Waals surface area contributed by atoms with Crippen molar-refractivity contribution in [1.29, 1.82) is 0 Å². The van der Waals surface area contributed by atoms with Crippen molar-refractivity contribution < 1.29 is 4.79 Å². The second-order valence-corrected chi connectivity index (χ2v) is 4.14. The molecule has 0 atom stereocenters. The first-order chi connectivity index (χ1) is 7.20. The maximum atomic E-state index is 10.6. The lowest BCUT2D eigenvalue weighted by Gasteiger charge is -2.03. The van der Waals surface area contributed by atoms with Crippen molar-refractivity contribution in [2.24, 2.45) is 0 Å². The molecule has 1 aromatic heterocycles. The molecule has 3 nitrogen and oxygen atoms in total. The number of benzene rings is 1. The van der Waals surface area contributed by atoms with Gasteiger partial charge >= 0.3 is 0 Å². The molecule has 0 amide bonds. The topological polar surface area (TPSA) is 34.9 Å². The fourth-order valence-corrected chi connectivity index (χ4v) is 1.81. The zero-order chi connectivity index (χ0) is 10.8. The van der Waals surface area contributed by atoms with Gasteiger partial charge in [0.25, 0.3) is 0 Å². The predicted octanol–water partition coefficient (Wildman–Crippen LogP) is 2.76. The number of aryl methyl sites for hydroxylation is 1. The Morgan fingerprint density at radius 2 is 2.20 bits per heavy atom. The lowest BCUT2D eigenvalue weighted by atomic mass is 10.3. The molecule has 4 heteroatoms. The summed E-state index contributed by atoms with van der Waals surface area (Å²) in [5.41, 5.74) is 2.33. The SMILES string of the molecule is Cc1cc(C=O)nn1-c1cccc(Br)c1. The summed E-state index contributed by atoms with van der Waals surface area (Å²) in [6, 6.07) is 9.53. The summed E-state index contributed by atoms with van der Waals surface area (Å²) in [7, 11) is 0. The zero-order valence-electron chi connectivity index (χ0n) is 8.14. The summed E-state index contributed by atoms with van der Waals surface area (Å²) in [5, 5.41) is 4.17. The molecule has 15 heavy (non-hydrogen) atoms. The Kier molecular flexibility index (Phi) is 2.68. The highest BCUT2D eigenvalue weighted by molar-refractivity contribution is 9.10. The van der Waals surface area contributed by atoms with E-state index in [1.54, 1.807) is 10.7 Å². The minimum absolute atomic E-state index is 0.451. The molecule has 0 fully saturated rings. The first kappa shape index (κ1) is 10.1. The van der Waals surface area contributed by atoms with Crippen LogP contribution in [-0.2, 0) is 0 Å². The third-order valence-electron chi connectivity index (χ3n) is 2.08. The van der Waals surface area contributed by atoms with Crippen LogP contribution < -0.4 is 0 Å². The second kappa shape index (κ2) is 3.98. The molecule has 0 unspecified atom stereocenters. The highest BCUT2D eigenvalue weighted by Crippen LogP contribution is 2.16. The number of hydrogen-bond acceptors (Lipinski definition) is 2. The maximum absolute atomic E-state index is 10.6. The van der Waals surface area contributed by atoms with Gasteiger partial charge in [-0.25, -0.2) is 4.68 Å². The van der Waals surface area contributed by atoms with Gasteiger partial charge in [-0.2, -0.15) is 5.10 Å². The van der Waals surface area contributed by atoms with Crippen LogP contribution in [0.15, 0.2) is 34.8 Å². The number of halogens is 1. The second-order valence-electron chi connectivity index (χ2n) is 3.22. The third kappa shape index (κ3) is 1.99. The summed E-state index contributed by atoms with van der Waals surface area (Å²) in [5.74, 6) is 0. The summed E-state index contributed by atoms with van der Waals surface area (Å²) in [6.07, 6.45) is 0.751. The van der Waals surface area contributed by atoms with E-state index < -0.39 is 0 Å². The minimum Gasteiger partial charge on any atom is -0.296 e. The number of rotatable bonds is 2. The fourth-order valence-electron chi connectivity index (χ4n) is 1.43. The average Bonchev–Trinajstić information content (AvgIpc) is 2.60. The van der Waals surface area contributed by atoms with Crippen molar-refractivity contribution in [3.05, 3.63) is 46.2 Å². The van der Waals surface area contributed by atoms with Crippen molar-refractivity contribution >= 4 is 22.2 Å². The largest absolute Gasteiger partial charge is 0.296 e. The van der Waals surface area contributed by atoms with E-state index >= 15 is 0 Å². The normalized spacial score (nSPS) is 10.3. The molecule has 0 aliphatic heterocycles. The van der Waals surface area contributed by atoms with Gasteiger partial charge in [-0.3, -0.25) is 4.79 Å². The van der Waals surface area contributed by atoms with Gasteiger partial charge < -0.3 is 0 Å². The van der Waals surface area contributed by atoms with E-state index in [9.17, 15) is 4.79 Å². The van der Waals surface area contributed by atoms with E-state index in [-0.39, 0.29) is 0 Å². The number of aromatic nitrogens is 2. The number of carbonyl (C=O) groups excluding carboxylic acids is 1. The monoisotopic (exact) mass is 264 g/mol. The van der Waals surface area contributed by atoms with Crippen molar-refractivity contribution in [3.63, 3.8) is 0 Å². The van der Waals surface area contributed by atoms with Crippen LogP contribution in [0, 0.1) is 6.92 Å². The van der Waals surface area contributed by atoms with Gasteiger partial charge in [0.1, 0.15) is 5.69 Å². The molecular formula is C11H9BrN2O. The van der Waals surface area contributed by atoms with Gasteiger partial charge in [0.15, 0.2) is 6.29 Å². The molecule has 0 N–H and O–H groups in total. The number of carbonyl (C=O) groups is 1. The first-order valence-corrected chi connectivity index (χ1v) is 5.28. The van der Waals surface area contributed by atoms with Crippen molar-refractivity contribution in [3.8, 4) is 5.69 Å². The fraction of sp³-hybridized carbons (Fsp3) is 0.0909. The summed E-state index contributed by atoms with van der Waals surface area (Å²) in [4.78, 5) is 10.6. The van der Waals surface area contributed by atoms with Crippen molar-refractivity contribution in [2.75, 3.05) is 0 Å². The van der Waals surface area contributed by atoms with E-state index in [1.165, 1.54) is 0 Å². The lowest BCUT2D eigenvalue weighted by molar-refractivity contribution is 0.111. The van der Waals surface area contributed by atoms with Gasteiger partial charge in [-0.15, -0.1) is 0 Å². The Balaban J connectivity index is 2.53. The third-order valence-corrected chi connectivity index (χ3v) is 2.57. The van der Waals surface area contributed by atoms with Crippen LogP contribution in [0.2, 0.25) is 0 Å². The van der Waals surface area contributed by atoms with Gasteiger partial charge in [0.05, 0.1) is 5.69 Å². The van der Waals surface area contributed by atoms with Crippen LogP contribution in [0.3, 0.4) is 0 Å². The molecule has 2 rings (SSSR count). The standard InChI is InChI=1S/C11H9BrN2O/c1-8-5-10(7-15)13-14(8)11-4-2-3-9(12)6-11/h2-7H,1H3. The Hall–Kier alpha value is -1.42. The average molecular weight is 265 g/mol. The van der Waals surface area contributed by atoms with E-state index in [0.29, 0.717) is 5.69 Å². The van der Waals surface area contributed by atoms with Crippen LogP contribution in [0.1, 0.15) is 16.2 Å². The van der Waals surface area contributed by atoms with Gasteiger partial charge in [0.2, 0.25) is 0 Å². The van der Waals surface area contributed by atoms with Crippen LogP contribution in [-0.4, -0.2) is 16.1 Å². The number of hydrogen-bond donors (Lipinski definition) is 0. The molecule has 0 aliphatic rings. The van der Waals surface area contributed by atoms with Crippen molar-refractivity contribution in [2.45, 2.75) is 6.92 Å². The van der Waals surface area contributed by atoms with E-state index in [0.717, 1.165) is 22.1 Å². The molecule has 1 aromatic carbocycles. The quantitative estimate of drug-likeness (QED) is 0.782. The van der Waals surface area contributed by atoms with Gasteiger partial charge in [-0.1, -0.05) is 22.0 Å². The Bertz CT molecular complexity index is 505. The minimum atomic E-state index is 0.451. The molecule has 76 valence electrons. The molecular weight excluding hydrogens is 256 g/mol. The molecule has 0 aliphatic carbocycles. The number of nitrogens with zero attached hydrogens (tertiary/aromatic N) is 2. The highest BCUT2D eigenvalue weighted by atomic mass is 79.9. The van der Waals surface area contributed by atoms with Crippen molar-refractivity contribution in [1.82, 2.24) is 9.78 Å². The van der Waals surface area contributed by atoms with E-state index in [4.69, 9.17) is 0 Å². The summed E-state index contributed by atoms with van der Waals surface area (Å²) < 4.78 is 2.73. The predicted molar refractivity (Wildman–Crippen MR) is 61.4 cm³/mol. The highest BCUT2D eigenvalue weighted by Gasteiger charge is 2.05. The Morgan fingerprint density at radius 1 is 1.40 bits per heavy atom. The molecule has 0 spiro atoms. The van der Waals surface area contributed by atoms with Crippen LogP contribution >= 0.6 is 15.9 Å². The van der Waals surface area contributed by atoms with Crippen LogP contribution in [0.4, 0.5) is 0 Å². The van der Waals surface area contributed by atoms with E-state index in [1.807, 2.05) is 31.2 Å². The summed E-state index contributed by atoms with van der Waals surface area (Å²) in [6.45, 7) is 1.92. The first-order valence-electron chi connectivity index (χ1n) is 4.48. The molecule has 0 saturated heterocycles. The Labute approximate surface area is 95.9 Å². The zero-order valence-corrected chi connectivity index (χ0v) is 9.73. The van der Waals surface area contributed by atoms with Crippen LogP contribution in [0.5, 0.6) is 0 Å². The number of aldehydes is 1. The maximum Gasteiger partial charge on any atom is 0.170 e. The lowest BCUT2D eigenvalue weighted by Crippen LogP contribution is -1.98. The van der Waals surface area contributed by atoms with Gasteiger partial charge in [-0.05, 0) is 31.2 Å². The van der Waals surface area contributed by atoms with E-state index in [2.05, 4.69) is 21.0 Å². The molecule has 0 radical (unpaired) electrons. The van der Waals surface area contributed by atoms with Crippen LogP contribution in [0.25, 0.3) is 5.69 Å². The van der Waals surface area contributed by atoms with Gasteiger partial charge in [0, 0.05) is 10.2 Å². The Morgan fingerprint density at radius 3 is 2.80 bits per heavy atom.